The smallest absolute Gasteiger partial charge is 0.201 e. The number of aromatic nitrogens is 2. The van der Waals surface area contributed by atoms with Crippen LogP contribution in [-0.4, -0.2) is 35.1 Å². The molecule has 1 heterocycles. The van der Waals surface area contributed by atoms with Crippen LogP contribution in [0.4, 0.5) is 10.3 Å². The minimum atomic E-state index is -0.324. The third-order valence-electron chi connectivity index (χ3n) is 3.35. The van der Waals surface area contributed by atoms with Gasteiger partial charge in [0.1, 0.15) is 5.52 Å². The number of halogens is 1. The first kappa shape index (κ1) is 13.8. The minimum absolute atomic E-state index is 0.168. The number of hydrogen-bond acceptors (Lipinski definition) is 3. The molecule has 0 aliphatic rings. The molecule has 0 bridgehead atoms. The molecule has 0 saturated carbocycles. The Labute approximate surface area is 113 Å². The summed E-state index contributed by atoms with van der Waals surface area (Å²) >= 11 is 0. The van der Waals surface area contributed by atoms with Crippen molar-refractivity contribution in [2.24, 2.45) is 5.92 Å². The van der Waals surface area contributed by atoms with Gasteiger partial charge in [-0.15, -0.1) is 0 Å². The second-order valence-electron chi connectivity index (χ2n) is 5.52. The van der Waals surface area contributed by atoms with Gasteiger partial charge in [0.15, 0.2) is 5.82 Å². The summed E-state index contributed by atoms with van der Waals surface area (Å²) in [7, 11) is 4.04. The highest BCUT2D eigenvalue weighted by molar-refractivity contribution is 5.79. The molecule has 0 aliphatic carbocycles. The fraction of sp³-hybridized carbons (Fsp3) is 0.500. The number of hydrogen-bond donors (Lipinski definition) is 1. The number of para-hydroxylation sites is 1. The SMILES string of the molecule is CC(C)C(CN(C)C)n1c(N)nc2c(F)cccc21. The van der Waals surface area contributed by atoms with Crippen molar-refractivity contribution in [3.05, 3.63) is 24.0 Å². The number of nitrogen functional groups attached to an aromatic ring is 1. The highest BCUT2D eigenvalue weighted by atomic mass is 19.1. The van der Waals surface area contributed by atoms with E-state index in [2.05, 4.69) is 23.7 Å². The van der Waals surface area contributed by atoms with Gasteiger partial charge in [0.05, 0.1) is 11.6 Å². The number of nitrogens with zero attached hydrogens (tertiary/aromatic N) is 3. The van der Waals surface area contributed by atoms with Crippen molar-refractivity contribution in [3.8, 4) is 0 Å². The Bertz CT molecular complexity index is 574. The predicted octanol–water partition coefficient (Wildman–Crippen LogP) is 2.52. The standard InChI is InChI=1S/C14H21FN4/c1-9(2)12(8-18(3)4)19-11-7-5-6-10(15)13(11)17-14(19)16/h5-7,9,12H,8H2,1-4H3,(H2,16,17). The van der Waals surface area contributed by atoms with E-state index in [-0.39, 0.29) is 11.9 Å². The van der Waals surface area contributed by atoms with Gasteiger partial charge < -0.3 is 15.2 Å². The first-order valence-corrected chi connectivity index (χ1v) is 6.48. The van der Waals surface area contributed by atoms with E-state index < -0.39 is 0 Å². The maximum atomic E-state index is 13.8. The summed E-state index contributed by atoms with van der Waals surface area (Å²) in [4.78, 5) is 6.28. The van der Waals surface area contributed by atoms with Crippen molar-refractivity contribution in [2.45, 2.75) is 19.9 Å². The Morgan fingerprint density at radius 2 is 2.05 bits per heavy atom. The summed E-state index contributed by atoms with van der Waals surface area (Å²) in [6, 6.07) is 5.15. The van der Waals surface area contributed by atoms with Crippen LogP contribution in [0.2, 0.25) is 0 Å². The quantitative estimate of drug-likeness (QED) is 0.923. The summed E-state index contributed by atoms with van der Waals surface area (Å²) in [5.74, 6) is 0.432. The Balaban J connectivity index is 2.59. The fourth-order valence-corrected chi connectivity index (χ4v) is 2.41. The highest BCUT2D eigenvalue weighted by Gasteiger charge is 2.22. The van der Waals surface area contributed by atoms with Crippen LogP contribution in [0.25, 0.3) is 11.0 Å². The van der Waals surface area contributed by atoms with E-state index in [1.165, 1.54) is 6.07 Å². The average Bonchev–Trinajstić information content (AvgIpc) is 2.64. The predicted molar refractivity (Wildman–Crippen MR) is 76.5 cm³/mol. The zero-order chi connectivity index (χ0) is 14.2. The van der Waals surface area contributed by atoms with E-state index in [1.54, 1.807) is 6.07 Å². The summed E-state index contributed by atoms with van der Waals surface area (Å²) < 4.78 is 15.7. The van der Waals surface area contributed by atoms with E-state index in [0.29, 0.717) is 17.4 Å². The first-order valence-electron chi connectivity index (χ1n) is 6.48. The molecule has 1 atom stereocenters. The van der Waals surface area contributed by atoms with Gasteiger partial charge in [-0.2, -0.15) is 0 Å². The van der Waals surface area contributed by atoms with E-state index in [4.69, 9.17) is 5.73 Å². The molecule has 0 saturated heterocycles. The Morgan fingerprint density at radius 3 is 2.63 bits per heavy atom. The molecule has 0 fully saturated rings. The third-order valence-corrected chi connectivity index (χ3v) is 3.35. The molecule has 1 aromatic heterocycles. The number of likely N-dealkylation sites (N-methyl/N-ethyl adjacent to an activating group) is 1. The number of imidazole rings is 1. The summed E-state index contributed by atoms with van der Waals surface area (Å²) in [5.41, 5.74) is 7.12. The molecule has 19 heavy (non-hydrogen) atoms. The second kappa shape index (κ2) is 5.17. The van der Waals surface area contributed by atoms with Gasteiger partial charge in [-0.1, -0.05) is 19.9 Å². The molecule has 4 nitrogen and oxygen atoms in total. The molecule has 0 amide bonds. The lowest BCUT2D eigenvalue weighted by atomic mass is 10.0. The van der Waals surface area contributed by atoms with Crippen LogP contribution >= 0.6 is 0 Å². The number of benzene rings is 1. The second-order valence-corrected chi connectivity index (χ2v) is 5.52. The van der Waals surface area contributed by atoms with Crippen molar-refractivity contribution in [3.63, 3.8) is 0 Å². The van der Waals surface area contributed by atoms with Crippen molar-refractivity contribution in [2.75, 3.05) is 26.4 Å². The molecule has 2 aromatic rings. The van der Waals surface area contributed by atoms with Gasteiger partial charge in [0, 0.05) is 6.54 Å². The molecule has 5 heteroatoms. The molecule has 0 radical (unpaired) electrons. The van der Waals surface area contributed by atoms with Crippen molar-refractivity contribution < 1.29 is 4.39 Å². The van der Waals surface area contributed by atoms with Crippen LogP contribution in [0.3, 0.4) is 0 Å². The number of anilines is 1. The van der Waals surface area contributed by atoms with Crippen molar-refractivity contribution >= 4 is 17.0 Å². The molecule has 2 rings (SSSR count). The maximum Gasteiger partial charge on any atom is 0.201 e. The Morgan fingerprint density at radius 1 is 1.37 bits per heavy atom. The summed E-state index contributed by atoms with van der Waals surface area (Å²) in [6.45, 7) is 5.11. The molecule has 0 aliphatic heterocycles. The van der Waals surface area contributed by atoms with E-state index in [9.17, 15) is 4.39 Å². The summed E-state index contributed by atoms with van der Waals surface area (Å²) in [6.07, 6.45) is 0. The molecule has 2 N–H and O–H groups in total. The molecule has 104 valence electrons. The minimum Gasteiger partial charge on any atom is -0.369 e. The van der Waals surface area contributed by atoms with Crippen molar-refractivity contribution in [1.29, 1.82) is 0 Å². The van der Waals surface area contributed by atoms with Gasteiger partial charge in [-0.3, -0.25) is 0 Å². The largest absolute Gasteiger partial charge is 0.369 e. The van der Waals surface area contributed by atoms with E-state index >= 15 is 0 Å². The molecular weight excluding hydrogens is 243 g/mol. The third kappa shape index (κ3) is 2.56. The van der Waals surface area contributed by atoms with E-state index in [1.807, 2.05) is 24.7 Å². The average molecular weight is 264 g/mol. The summed E-state index contributed by atoms with van der Waals surface area (Å²) in [5, 5.41) is 0. The van der Waals surface area contributed by atoms with Gasteiger partial charge in [-0.05, 0) is 32.1 Å². The lowest BCUT2D eigenvalue weighted by molar-refractivity contribution is 0.275. The van der Waals surface area contributed by atoms with E-state index in [0.717, 1.165) is 12.1 Å². The topological polar surface area (TPSA) is 47.1 Å². The lowest BCUT2D eigenvalue weighted by Gasteiger charge is -2.27. The molecule has 0 spiro atoms. The fourth-order valence-electron chi connectivity index (χ4n) is 2.41. The zero-order valence-corrected chi connectivity index (χ0v) is 11.9. The van der Waals surface area contributed by atoms with Gasteiger partial charge in [0.2, 0.25) is 5.95 Å². The van der Waals surface area contributed by atoms with Crippen LogP contribution in [0, 0.1) is 11.7 Å². The Kier molecular flexibility index (Phi) is 3.75. The zero-order valence-electron chi connectivity index (χ0n) is 11.9. The van der Waals surface area contributed by atoms with Gasteiger partial charge in [-0.25, -0.2) is 9.37 Å². The first-order chi connectivity index (χ1) is 8.91. The molecule has 1 aromatic carbocycles. The monoisotopic (exact) mass is 264 g/mol. The normalized spacial score (nSPS) is 13.6. The van der Waals surface area contributed by atoms with Gasteiger partial charge in [0.25, 0.3) is 0 Å². The molecular formula is C14H21FN4. The Hall–Kier alpha value is -1.62. The highest BCUT2D eigenvalue weighted by Crippen LogP contribution is 2.28. The van der Waals surface area contributed by atoms with Crippen LogP contribution in [-0.2, 0) is 0 Å². The van der Waals surface area contributed by atoms with Crippen LogP contribution < -0.4 is 5.73 Å². The molecule has 1 unspecified atom stereocenters. The van der Waals surface area contributed by atoms with Crippen molar-refractivity contribution in [1.82, 2.24) is 14.5 Å². The number of fused-ring (bicyclic) bond motifs is 1. The van der Waals surface area contributed by atoms with Gasteiger partial charge >= 0.3 is 0 Å². The number of rotatable bonds is 4. The van der Waals surface area contributed by atoms with Crippen LogP contribution in [0.15, 0.2) is 18.2 Å². The van der Waals surface area contributed by atoms with Crippen LogP contribution in [0.5, 0.6) is 0 Å². The lowest BCUT2D eigenvalue weighted by Crippen LogP contribution is -2.28. The van der Waals surface area contributed by atoms with Crippen LogP contribution in [0.1, 0.15) is 19.9 Å². The maximum absolute atomic E-state index is 13.8. The number of nitrogens with two attached hydrogens (primary N) is 1.